The second kappa shape index (κ2) is 5.57. The molecule has 0 saturated heterocycles. The second-order valence-electron chi connectivity index (χ2n) is 3.70. The molecular weight excluding hydrogens is 273 g/mol. The number of pyridine rings is 1. The van der Waals surface area contributed by atoms with E-state index in [0.717, 1.165) is 11.1 Å². The fraction of sp³-hybridized carbons (Fsp3) is 0.154. The molecule has 0 spiro atoms. The van der Waals surface area contributed by atoms with E-state index in [2.05, 4.69) is 4.98 Å². The highest BCUT2D eigenvalue weighted by atomic mass is 35.5. The smallest absolute Gasteiger partial charge is 0.213 e. The van der Waals surface area contributed by atoms with Gasteiger partial charge in [-0.3, -0.25) is 0 Å². The van der Waals surface area contributed by atoms with E-state index in [9.17, 15) is 5.11 Å². The van der Waals surface area contributed by atoms with Crippen molar-refractivity contribution in [2.24, 2.45) is 0 Å². The fourth-order valence-corrected chi connectivity index (χ4v) is 2.21. The van der Waals surface area contributed by atoms with E-state index < -0.39 is 0 Å². The average Bonchev–Trinajstić information content (AvgIpc) is 2.36. The van der Waals surface area contributed by atoms with Gasteiger partial charge < -0.3 is 9.84 Å². The number of aliphatic hydroxyl groups is 1. The van der Waals surface area contributed by atoms with Gasteiger partial charge in [0.2, 0.25) is 5.88 Å². The third kappa shape index (κ3) is 2.75. The summed E-state index contributed by atoms with van der Waals surface area (Å²) in [7, 11) is 1.53. The topological polar surface area (TPSA) is 42.4 Å². The van der Waals surface area contributed by atoms with E-state index >= 15 is 0 Å². The normalized spacial score (nSPS) is 10.4. The van der Waals surface area contributed by atoms with Crippen molar-refractivity contribution < 1.29 is 9.84 Å². The lowest BCUT2D eigenvalue weighted by Gasteiger charge is -2.09. The Hall–Kier alpha value is -1.29. The summed E-state index contributed by atoms with van der Waals surface area (Å²) in [5.41, 5.74) is 2.30. The molecule has 3 nitrogen and oxygen atoms in total. The summed E-state index contributed by atoms with van der Waals surface area (Å²) in [4.78, 5) is 4.12. The minimum absolute atomic E-state index is 0.113. The molecule has 0 aliphatic rings. The van der Waals surface area contributed by atoms with Crippen molar-refractivity contribution in [3.63, 3.8) is 0 Å². The Morgan fingerprint density at radius 1 is 1.17 bits per heavy atom. The van der Waals surface area contributed by atoms with Crippen molar-refractivity contribution in [1.82, 2.24) is 4.98 Å². The van der Waals surface area contributed by atoms with Crippen molar-refractivity contribution in [2.75, 3.05) is 7.11 Å². The van der Waals surface area contributed by atoms with Crippen molar-refractivity contribution in [3.8, 4) is 17.0 Å². The Balaban J connectivity index is 2.55. The molecule has 1 heterocycles. The van der Waals surface area contributed by atoms with Gasteiger partial charge >= 0.3 is 0 Å². The number of rotatable bonds is 3. The predicted molar refractivity (Wildman–Crippen MR) is 72.2 cm³/mol. The molecule has 0 radical (unpaired) electrons. The first-order valence-corrected chi connectivity index (χ1v) is 6.00. The van der Waals surface area contributed by atoms with E-state index in [1.807, 2.05) is 0 Å². The van der Waals surface area contributed by atoms with Gasteiger partial charge in [0.05, 0.1) is 13.7 Å². The molecular formula is C13H11Cl2NO2. The summed E-state index contributed by atoms with van der Waals surface area (Å²) in [5, 5.41) is 10.5. The van der Waals surface area contributed by atoms with Crippen molar-refractivity contribution in [2.45, 2.75) is 6.61 Å². The zero-order chi connectivity index (χ0) is 13.1. The molecule has 0 fully saturated rings. The first-order chi connectivity index (χ1) is 8.63. The second-order valence-corrected chi connectivity index (χ2v) is 4.57. The monoisotopic (exact) mass is 283 g/mol. The number of halogens is 2. The van der Waals surface area contributed by atoms with Gasteiger partial charge in [0.25, 0.3) is 0 Å². The molecule has 94 valence electrons. The number of benzene rings is 1. The van der Waals surface area contributed by atoms with Crippen molar-refractivity contribution in [1.29, 1.82) is 0 Å². The highest BCUT2D eigenvalue weighted by Gasteiger charge is 2.09. The van der Waals surface area contributed by atoms with Crippen molar-refractivity contribution in [3.05, 3.63) is 46.1 Å². The van der Waals surface area contributed by atoms with E-state index in [0.29, 0.717) is 21.5 Å². The van der Waals surface area contributed by atoms with Crippen LogP contribution >= 0.6 is 23.2 Å². The van der Waals surface area contributed by atoms with Crippen LogP contribution in [-0.2, 0) is 6.61 Å². The number of hydrogen-bond acceptors (Lipinski definition) is 3. The molecule has 1 aromatic carbocycles. The Bertz CT molecular complexity index is 553. The third-order valence-corrected chi connectivity index (χ3v) is 2.95. The third-order valence-electron chi connectivity index (χ3n) is 2.52. The summed E-state index contributed by atoms with van der Waals surface area (Å²) >= 11 is 11.9. The molecule has 0 unspecified atom stereocenters. The lowest BCUT2D eigenvalue weighted by atomic mass is 10.0. The van der Waals surface area contributed by atoms with Gasteiger partial charge in [0.15, 0.2) is 0 Å². The van der Waals surface area contributed by atoms with Crippen LogP contribution < -0.4 is 4.74 Å². The molecule has 0 aliphatic heterocycles. The van der Waals surface area contributed by atoms with E-state index in [-0.39, 0.29) is 6.61 Å². The lowest BCUT2D eigenvalue weighted by molar-refractivity contribution is 0.281. The largest absolute Gasteiger partial charge is 0.481 e. The number of methoxy groups -OCH3 is 1. The zero-order valence-corrected chi connectivity index (χ0v) is 11.2. The van der Waals surface area contributed by atoms with Crippen molar-refractivity contribution >= 4 is 23.2 Å². The van der Waals surface area contributed by atoms with Crippen LogP contribution in [0.1, 0.15) is 5.56 Å². The SMILES string of the molecule is COc1cc(CO)c(-c2cc(Cl)cc(Cl)c2)cn1. The summed E-state index contributed by atoms with van der Waals surface area (Å²) < 4.78 is 5.02. The Morgan fingerprint density at radius 2 is 1.83 bits per heavy atom. The Labute approximate surface area is 115 Å². The first-order valence-electron chi connectivity index (χ1n) is 5.24. The summed E-state index contributed by atoms with van der Waals surface area (Å²) in [6.45, 7) is -0.113. The van der Waals surface area contributed by atoms with Crippen LogP contribution in [-0.4, -0.2) is 17.2 Å². The van der Waals surface area contributed by atoms with Gasteiger partial charge in [-0.1, -0.05) is 23.2 Å². The van der Waals surface area contributed by atoms with Gasteiger partial charge in [-0.05, 0) is 29.3 Å². The highest BCUT2D eigenvalue weighted by molar-refractivity contribution is 6.35. The molecule has 1 aromatic heterocycles. The standard InChI is InChI=1S/C13H11Cl2NO2/c1-18-13-4-9(7-17)12(6-16-13)8-2-10(14)5-11(15)3-8/h2-6,17H,7H2,1H3. The zero-order valence-electron chi connectivity index (χ0n) is 9.65. The van der Waals surface area contributed by atoms with Gasteiger partial charge in [-0.25, -0.2) is 4.98 Å². The van der Waals surface area contributed by atoms with Gasteiger partial charge in [-0.2, -0.15) is 0 Å². The molecule has 2 aromatic rings. The maximum Gasteiger partial charge on any atom is 0.213 e. The van der Waals surface area contributed by atoms with Crippen LogP contribution in [0.5, 0.6) is 5.88 Å². The maximum atomic E-state index is 9.39. The molecule has 18 heavy (non-hydrogen) atoms. The predicted octanol–water partition coefficient (Wildman–Crippen LogP) is 3.56. The number of aliphatic hydroxyl groups excluding tert-OH is 1. The summed E-state index contributed by atoms with van der Waals surface area (Å²) in [5.74, 6) is 0.455. The van der Waals surface area contributed by atoms with Crippen LogP contribution in [0.4, 0.5) is 0 Å². The van der Waals surface area contributed by atoms with E-state index in [4.69, 9.17) is 27.9 Å². The van der Waals surface area contributed by atoms with Crippen LogP contribution in [0.3, 0.4) is 0 Å². The van der Waals surface area contributed by atoms with Gasteiger partial charge in [0.1, 0.15) is 0 Å². The number of nitrogens with zero attached hydrogens (tertiary/aromatic N) is 1. The number of aromatic nitrogens is 1. The molecule has 0 bridgehead atoms. The van der Waals surface area contributed by atoms with Crippen LogP contribution in [0.25, 0.3) is 11.1 Å². The fourth-order valence-electron chi connectivity index (χ4n) is 1.69. The lowest BCUT2D eigenvalue weighted by Crippen LogP contribution is -1.95. The van der Waals surface area contributed by atoms with Crippen LogP contribution in [0, 0.1) is 0 Å². The Morgan fingerprint density at radius 3 is 2.39 bits per heavy atom. The average molecular weight is 284 g/mol. The number of hydrogen-bond donors (Lipinski definition) is 1. The molecule has 0 saturated carbocycles. The summed E-state index contributed by atoms with van der Waals surface area (Å²) in [6.07, 6.45) is 1.63. The molecule has 0 atom stereocenters. The van der Waals surface area contributed by atoms with Gasteiger partial charge in [0, 0.05) is 27.9 Å². The molecule has 2 rings (SSSR count). The minimum Gasteiger partial charge on any atom is -0.481 e. The maximum absolute atomic E-state index is 9.39. The Kier molecular flexibility index (Phi) is 4.07. The van der Waals surface area contributed by atoms with Crippen LogP contribution in [0.2, 0.25) is 10.0 Å². The minimum atomic E-state index is -0.113. The molecule has 0 aliphatic carbocycles. The molecule has 5 heteroatoms. The quantitative estimate of drug-likeness (QED) is 0.937. The van der Waals surface area contributed by atoms with E-state index in [1.54, 1.807) is 30.5 Å². The van der Waals surface area contributed by atoms with Crippen LogP contribution in [0.15, 0.2) is 30.5 Å². The molecule has 1 N–H and O–H groups in total. The highest BCUT2D eigenvalue weighted by Crippen LogP contribution is 2.30. The number of ether oxygens (including phenoxy) is 1. The van der Waals surface area contributed by atoms with Gasteiger partial charge in [-0.15, -0.1) is 0 Å². The van der Waals surface area contributed by atoms with E-state index in [1.165, 1.54) is 7.11 Å². The molecule has 0 amide bonds. The first kappa shape index (κ1) is 13.1. The summed E-state index contributed by atoms with van der Waals surface area (Å²) in [6, 6.07) is 6.89.